The second kappa shape index (κ2) is 8.49. The number of aryl methyl sites for hydroxylation is 1. The van der Waals surface area contributed by atoms with Crippen LogP contribution in [0.3, 0.4) is 0 Å². The van der Waals surface area contributed by atoms with E-state index >= 15 is 0 Å². The lowest BCUT2D eigenvalue weighted by atomic mass is 9.49. The van der Waals surface area contributed by atoms with Crippen LogP contribution in [0.4, 0.5) is 17.3 Å². The van der Waals surface area contributed by atoms with E-state index in [9.17, 15) is 4.79 Å². The molecule has 34 heavy (non-hydrogen) atoms. The Morgan fingerprint density at radius 1 is 1.03 bits per heavy atom. The van der Waals surface area contributed by atoms with Gasteiger partial charge >= 0.3 is 0 Å². The van der Waals surface area contributed by atoms with Gasteiger partial charge in [-0.25, -0.2) is 9.97 Å². The molecule has 1 amide bonds. The van der Waals surface area contributed by atoms with Gasteiger partial charge in [0.05, 0.1) is 5.69 Å². The Balaban J connectivity index is 1.15. The number of nitrogens with zero attached hydrogens (tertiary/aromatic N) is 3. The number of carbonyl (C=O) groups excluding carboxylic acids is 1. The molecule has 0 radical (unpaired) electrons. The molecule has 6 nitrogen and oxygen atoms in total. The molecule has 0 unspecified atom stereocenters. The number of nitrogens with one attached hydrogen (secondary N) is 2. The molecule has 1 aromatic carbocycles. The molecule has 4 aliphatic carbocycles. The highest BCUT2D eigenvalue weighted by Crippen LogP contribution is 2.61. The first kappa shape index (κ1) is 21.3. The third kappa shape index (κ3) is 4.29. The van der Waals surface area contributed by atoms with E-state index in [1.54, 1.807) is 18.6 Å². The fourth-order valence-electron chi connectivity index (χ4n) is 7.10. The van der Waals surface area contributed by atoms with Crippen LogP contribution in [0.5, 0.6) is 0 Å². The first-order valence-electron chi connectivity index (χ1n) is 12.4. The van der Waals surface area contributed by atoms with E-state index < -0.39 is 0 Å². The Bertz CT molecular complexity index is 1170. The summed E-state index contributed by atoms with van der Waals surface area (Å²) in [7, 11) is 0. The van der Waals surface area contributed by atoms with Crippen LogP contribution in [0, 0.1) is 30.1 Å². The van der Waals surface area contributed by atoms with Crippen LogP contribution >= 0.6 is 0 Å². The number of hydrogen-bond donors (Lipinski definition) is 2. The molecule has 174 valence electrons. The summed E-state index contributed by atoms with van der Waals surface area (Å²) >= 11 is 0. The molecule has 3 aromatic rings. The highest BCUT2D eigenvalue weighted by molar-refractivity contribution is 5.92. The molecular weight excluding hydrogens is 422 g/mol. The van der Waals surface area contributed by atoms with Crippen molar-refractivity contribution in [2.24, 2.45) is 23.2 Å². The molecule has 2 aromatic heterocycles. The summed E-state index contributed by atoms with van der Waals surface area (Å²) in [6, 6.07) is 11.7. The number of benzene rings is 1. The SMILES string of the molecule is Cc1ccc(NC(=O)CC23CC4CC(CC(C4)C2)C3)cc1Nc1nccc(-c2cccnc2)n1. The minimum atomic E-state index is 0.145. The fraction of sp³-hybridized carbons (Fsp3) is 0.429. The van der Waals surface area contributed by atoms with Crippen LogP contribution in [0.25, 0.3) is 11.3 Å². The molecule has 4 aliphatic rings. The summed E-state index contributed by atoms with van der Waals surface area (Å²) in [5.74, 6) is 3.23. The smallest absolute Gasteiger partial charge is 0.227 e. The first-order chi connectivity index (χ1) is 16.5. The van der Waals surface area contributed by atoms with Crippen molar-refractivity contribution in [2.75, 3.05) is 10.6 Å². The Kier molecular flexibility index (Phi) is 5.31. The quantitative estimate of drug-likeness (QED) is 0.469. The lowest BCUT2D eigenvalue weighted by Gasteiger charge is -2.56. The van der Waals surface area contributed by atoms with E-state index in [1.807, 2.05) is 43.3 Å². The molecule has 0 saturated heterocycles. The second-order valence-electron chi connectivity index (χ2n) is 10.8. The van der Waals surface area contributed by atoms with E-state index in [0.717, 1.165) is 45.9 Å². The third-order valence-electron chi connectivity index (χ3n) is 8.08. The van der Waals surface area contributed by atoms with E-state index in [2.05, 4.69) is 25.6 Å². The molecule has 6 heteroatoms. The van der Waals surface area contributed by atoms with Crippen molar-refractivity contribution in [3.63, 3.8) is 0 Å². The topological polar surface area (TPSA) is 79.8 Å². The van der Waals surface area contributed by atoms with Crippen molar-refractivity contribution in [3.8, 4) is 11.3 Å². The van der Waals surface area contributed by atoms with Gasteiger partial charge in [0.25, 0.3) is 0 Å². The van der Waals surface area contributed by atoms with E-state index in [-0.39, 0.29) is 11.3 Å². The number of aromatic nitrogens is 3. The first-order valence-corrected chi connectivity index (χ1v) is 12.4. The summed E-state index contributed by atoms with van der Waals surface area (Å²) in [5, 5.41) is 6.51. The predicted molar refractivity (Wildman–Crippen MR) is 134 cm³/mol. The zero-order valence-electron chi connectivity index (χ0n) is 19.6. The van der Waals surface area contributed by atoms with Gasteiger partial charge in [0.15, 0.2) is 0 Å². The Labute approximate surface area is 200 Å². The number of hydrogen-bond acceptors (Lipinski definition) is 5. The normalized spacial score (nSPS) is 26.9. The number of pyridine rings is 1. The summed E-state index contributed by atoms with van der Waals surface area (Å²) in [4.78, 5) is 26.3. The molecule has 4 fully saturated rings. The maximum atomic E-state index is 13.1. The standard InChI is InChI=1S/C28H31N5O/c1-18-4-5-23(31-26(34)16-28-13-19-9-20(14-28)11-21(10-19)15-28)12-25(18)33-27-30-8-6-24(32-27)22-3-2-7-29-17-22/h2-8,12,17,19-21H,9-11,13-16H2,1H3,(H,31,34)(H,30,32,33). The summed E-state index contributed by atoms with van der Waals surface area (Å²) < 4.78 is 0. The van der Waals surface area contributed by atoms with Crippen molar-refractivity contribution >= 4 is 23.2 Å². The lowest BCUT2D eigenvalue weighted by molar-refractivity contribution is -0.124. The van der Waals surface area contributed by atoms with Gasteiger partial charge in [0, 0.05) is 41.9 Å². The van der Waals surface area contributed by atoms with Crippen LogP contribution in [0.2, 0.25) is 0 Å². The number of carbonyl (C=O) groups is 1. The highest BCUT2D eigenvalue weighted by Gasteiger charge is 2.51. The number of anilines is 3. The van der Waals surface area contributed by atoms with Crippen molar-refractivity contribution < 1.29 is 4.79 Å². The molecule has 7 rings (SSSR count). The van der Waals surface area contributed by atoms with Crippen LogP contribution in [0.15, 0.2) is 55.0 Å². The molecule has 0 atom stereocenters. The van der Waals surface area contributed by atoms with Gasteiger partial charge in [-0.2, -0.15) is 0 Å². The zero-order valence-corrected chi connectivity index (χ0v) is 19.6. The van der Waals surface area contributed by atoms with E-state index in [0.29, 0.717) is 12.4 Å². The highest BCUT2D eigenvalue weighted by atomic mass is 16.1. The molecule has 0 aliphatic heterocycles. The van der Waals surface area contributed by atoms with Gasteiger partial charge in [-0.3, -0.25) is 9.78 Å². The summed E-state index contributed by atoms with van der Waals surface area (Å²) in [6.45, 7) is 2.04. The van der Waals surface area contributed by atoms with Crippen LogP contribution < -0.4 is 10.6 Å². The van der Waals surface area contributed by atoms with E-state index in [4.69, 9.17) is 0 Å². The minimum absolute atomic E-state index is 0.145. The monoisotopic (exact) mass is 453 g/mol. The van der Waals surface area contributed by atoms with E-state index in [1.165, 1.54) is 38.5 Å². The van der Waals surface area contributed by atoms with Gasteiger partial charge in [0.1, 0.15) is 0 Å². The van der Waals surface area contributed by atoms with Crippen molar-refractivity contribution in [2.45, 2.75) is 51.9 Å². The van der Waals surface area contributed by atoms with Gasteiger partial charge in [-0.05, 0) is 105 Å². The predicted octanol–water partition coefficient (Wildman–Crippen LogP) is 6.14. The van der Waals surface area contributed by atoms with Crippen molar-refractivity contribution in [1.29, 1.82) is 0 Å². The van der Waals surface area contributed by atoms with Crippen LogP contribution in [-0.4, -0.2) is 20.9 Å². The summed E-state index contributed by atoms with van der Waals surface area (Å²) in [5.41, 5.74) is 4.75. The fourth-order valence-corrected chi connectivity index (χ4v) is 7.10. The summed E-state index contributed by atoms with van der Waals surface area (Å²) in [6.07, 6.45) is 13.9. The number of amides is 1. The van der Waals surface area contributed by atoms with Gasteiger partial charge in [-0.15, -0.1) is 0 Å². The Morgan fingerprint density at radius 2 is 1.79 bits per heavy atom. The molecule has 2 N–H and O–H groups in total. The zero-order chi connectivity index (χ0) is 23.1. The van der Waals surface area contributed by atoms with Gasteiger partial charge < -0.3 is 10.6 Å². The Morgan fingerprint density at radius 3 is 2.50 bits per heavy atom. The minimum Gasteiger partial charge on any atom is -0.326 e. The maximum Gasteiger partial charge on any atom is 0.227 e. The van der Waals surface area contributed by atoms with Gasteiger partial charge in [0.2, 0.25) is 11.9 Å². The molecule has 0 spiro atoms. The molecular formula is C28H31N5O. The largest absolute Gasteiger partial charge is 0.326 e. The van der Waals surface area contributed by atoms with Crippen molar-refractivity contribution in [3.05, 3.63) is 60.6 Å². The molecule has 4 bridgehead atoms. The second-order valence-corrected chi connectivity index (χ2v) is 10.8. The Hall–Kier alpha value is -3.28. The molecule has 2 heterocycles. The van der Waals surface area contributed by atoms with Gasteiger partial charge in [-0.1, -0.05) is 6.07 Å². The molecule has 4 saturated carbocycles. The maximum absolute atomic E-state index is 13.1. The lowest BCUT2D eigenvalue weighted by Crippen LogP contribution is -2.47. The number of rotatable bonds is 6. The van der Waals surface area contributed by atoms with Crippen LogP contribution in [-0.2, 0) is 4.79 Å². The average Bonchev–Trinajstić information content (AvgIpc) is 2.81. The van der Waals surface area contributed by atoms with Crippen molar-refractivity contribution in [1.82, 2.24) is 15.0 Å². The van der Waals surface area contributed by atoms with Crippen LogP contribution in [0.1, 0.15) is 50.5 Å². The average molecular weight is 454 g/mol. The third-order valence-corrected chi connectivity index (χ3v) is 8.08.